The van der Waals surface area contributed by atoms with Crippen LogP contribution in [0, 0.1) is 5.82 Å². The van der Waals surface area contributed by atoms with Crippen LogP contribution in [-0.2, 0) is 13.0 Å². The molecule has 1 aromatic carbocycles. The Morgan fingerprint density at radius 1 is 1.26 bits per heavy atom. The second-order valence-electron chi connectivity index (χ2n) is 8.21. The molecule has 0 aliphatic rings. The number of amides is 1. The number of pyridine rings is 1. The molecule has 0 radical (unpaired) electrons. The van der Waals surface area contributed by atoms with E-state index >= 15 is 0 Å². The number of carbonyl (C=O) groups excluding carboxylic acids is 1. The maximum absolute atomic E-state index is 14.0. The van der Waals surface area contributed by atoms with Crippen LogP contribution in [-0.4, -0.2) is 25.4 Å². The molecule has 0 saturated carbocycles. The maximum atomic E-state index is 14.0. The van der Waals surface area contributed by atoms with Gasteiger partial charge in [0.1, 0.15) is 5.82 Å². The van der Waals surface area contributed by atoms with Crippen LogP contribution in [0.3, 0.4) is 0 Å². The van der Waals surface area contributed by atoms with Gasteiger partial charge >= 0.3 is 5.69 Å². The molecule has 8 nitrogen and oxygen atoms in total. The van der Waals surface area contributed by atoms with Crippen molar-refractivity contribution in [2.24, 2.45) is 0 Å². The summed E-state index contributed by atoms with van der Waals surface area (Å²) in [6.45, 7) is 6.10. The van der Waals surface area contributed by atoms with Crippen LogP contribution in [0.15, 0.2) is 46.1 Å². The largest absolute Gasteiger partial charge is 0.329 e. The van der Waals surface area contributed by atoms with Gasteiger partial charge in [-0.15, -0.1) is 11.3 Å². The van der Waals surface area contributed by atoms with Crippen LogP contribution < -0.4 is 16.6 Å². The molecule has 0 saturated heterocycles. The Balaban J connectivity index is 1.72. The van der Waals surface area contributed by atoms with Gasteiger partial charge in [-0.05, 0) is 30.0 Å². The Hall–Kier alpha value is -3.66. The van der Waals surface area contributed by atoms with Crippen LogP contribution in [0.1, 0.15) is 59.6 Å². The van der Waals surface area contributed by atoms with E-state index in [1.807, 2.05) is 20.8 Å². The zero-order valence-electron chi connectivity index (χ0n) is 19.0. The van der Waals surface area contributed by atoms with Gasteiger partial charge < -0.3 is 0 Å². The van der Waals surface area contributed by atoms with E-state index in [2.05, 4.69) is 20.3 Å². The Morgan fingerprint density at radius 2 is 2.03 bits per heavy atom. The lowest BCUT2D eigenvalue weighted by Gasteiger charge is -2.14. The lowest BCUT2D eigenvalue weighted by molar-refractivity contribution is 0.102. The predicted octanol–water partition coefficient (Wildman–Crippen LogP) is 4.06. The Kier molecular flexibility index (Phi) is 6.69. The van der Waals surface area contributed by atoms with Gasteiger partial charge in [0.15, 0.2) is 10.8 Å². The van der Waals surface area contributed by atoms with Crippen molar-refractivity contribution in [2.75, 3.05) is 5.32 Å². The molecule has 0 aliphatic carbocycles. The van der Waals surface area contributed by atoms with E-state index in [9.17, 15) is 18.8 Å². The number of fused-ring (bicyclic) bond motifs is 1. The number of hydrogen-bond donors (Lipinski definition) is 2. The summed E-state index contributed by atoms with van der Waals surface area (Å²) in [6, 6.07) is 8.07. The third-order valence-corrected chi connectivity index (χ3v) is 6.26. The third kappa shape index (κ3) is 4.67. The van der Waals surface area contributed by atoms with E-state index in [0.717, 1.165) is 4.88 Å². The molecular formula is C24H24FN5O3S. The fourth-order valence-electron chi connectivity index (χ4n) is 3.64. The highest BCUT2D eigenvalue weighted by atomic mass is 32.1. The summed E-state index contributed by atoms with van der Waals surface area (Å²) in [5.74, 6) is -0.871. The van der Waals surface area contributed by atoms with Gasteiger partial charge in [0.05, 0.1) is 10.9 Å². The standard InChI is InChI=1S/C24H24FN5O3S/c1-4-9-30-20-19(22(32)29-24(30)33)16(11-18(27-20)13(2)3)21(31)28-23-26-12-15(34-23)10-14-7-5-6-8-17(14)25/h5-8,11-13H,4,9-10H2,1-3H3,(H,26,28,31)(H,29,32,33). The molecule has 1 amide bonds. The average Bonchev–Trinajstić information content (AvgIpc) is 3.23. The zero-order chi connectivity index (χ0) is 24.4. The lowest BCUT2D eigenvalue weighted by atomic mass is 10.0. The van der Waals surface area contributed by atoms with Crippen LogP contribution in [0.2, 0.25) is 0 Å². The Bertz CT molecular complexity index is 1490. The van der Waals surface area contributed by atoms with Crippen molar-refractivity contribution in [1.29, 1.82) is 0 Å². The first-order valence-corrected chi connectivity index (χ1v) is 11.8. The molecule has 10 heteroatoms. The first-order valence-electron chi connectivity index (χ1n) is 11.0. The van der Waals surface area contributed by atoms with E-state index in [-0.39, 0.29) is 28.3 Å². The number of nitrogens with one attached hydrogen (secondary N) is 2. The van der Waals surface area contributed by atoms with Crippen molar-refractivity contribution in [1.82, 2.24) is 19.5 Å². The molecule has 34 heavy (non-hydrogen) atoms. The number of aryl methyl sites for hydroxylation is 1. The van der Waals surface area contributed by atoms with Gasteiger partial charge in [0, 0.05) is 29.7 Å². The quantitative estimate of drug-likeness (QED) is 0.414. The summed E-state index contributed by atoms with van der Waals surface area (Å²) < 4.78 is 15.4. The number of thiazole rings is 1. The number of rotatable bonds is 7. The monoisotopic (exact) mass is 481 g/mol. The Labute approximate surface area is 198 Å². The van der Waals surface area contributed by atoms with Gasteiger partial charge in [-0.2, -0.15) is 0 Å². The molecule has 0 atom stereocenters. The topological polar surface area (TPSA) is 110 Å². The number of aromatic amines is 1. The second-order valence-corrected chi connectivity index (χ2v) is 9.33. The van der Waals surface area contributed by atoms with Crippen molar-refractivity contribution in [3.8, 4) is 0 Å². The Morgan fingerprint density at radius 3 is 2.74 bits per heavy atom. The minimum Gasteiger partial charge on any atom is -0.298 e. The fraction of sp³-hybridized carbons (Fsp3) is 0.292. The van der Waals surface area contributed by atoms with Crippen molar-refractivity contribution >= 4 is 33.4 Å². The normalized spacial score (nSPS) is 11.3. The highest BCUT2D eigenvalue weighted by molar-refractivity contribution is 7.15. The maximum Gasteiger partial charge on any atom is 0.329 e. The van der Waals surface area contributed by atoms with Crippen molar-refractivity contribution in [2.45, 2.75) is 46.1 Å². The minimum absolute atomic E-state index is 0.0346. The van der Waals surface area contributed by atoms with Gasteiger partial charge in [-0.1, -0.05) is 39.0 Å². The third-order valence-electron chi connectivity index (χ3n) is 5.35. The molecule has 4 aromatic rings. The van der Waals surface area contributed by atoms with Crippen molar-refractivity contribution < 1.29 is 9.18 Å². The summed E-state index contributed by atoms with van der Waals surface area (Å²) in [7, 11) is 0. The van der Waals surface area contributed by atoms with Gasteiger partial charge in [-0.3, -0.25) is 24.5 Å². The fourth-order valence-corrected chi connectivity index (χ4v) is 4.47. The molecule has 0 unspecified atom stereocenters. The number of anilines is 1. The number of halogens is 1. The average molecular weight is 482 g/mol. The molecule has 0 spiro atoms. The SMILES string of the molecule is CCCn1c(=O)[nH]c(=O)c2c(C(=O)Nc3ncc(Cc4ccccc4F)s3)cc(C(C)C)nc21. The summed E-state index contributed by atoms with van der Waals surface area (Å²) in [5.41, 5.74) is 0.201. The first kappa shape index (κ1) is 23.5. The molecule has 3 heterocycles. The summed E-state index contributed by atoms with van der Waals surface area (Å²) in [6.07, 6.45) is 2.58. The highest BCUT2D eigenvalue weighted by Crippen LogP contribution is 2.25. The first-order chi connectivity index (χ1) is 16.3. The number of H-pyrrole nitrogens is 1. The second kappa shape index (κ2) is 9.68. The van der Waals surface area contributed by atoms with E-state index < -0.39 is 17.2 Å². The van der Waals surface area contributed by atoms with Crippen LogP contribution in [0.25, 0.3) is 11.0 Å². The van der Waals surface area contributed by atoms with Crippen LogP contribution in [0.4, 0.5) is 9.52 Å². The molecule has 0 fully saturated rings. The number of aromatic nitrogens is 4. The van der Waals surface area contributed by atoms with E-state index in [0.29, 0.717) is 35.8 Å². The van der Waals surface area contributed by atoms with Crippen LogP contribution >= 0.6 is 11.3 Å². The number of benzene rings is 1. The van der Waals surface area contributed by atoms with Crippen molar-refractivity contribution in [3.05, 3.63) is 84.9 Å². The molecule has 0 bridgehead atoms. The number of carbonyl (C=O) groups is 1. The molecule has 176 valence electrons. The minimum atomic E-state index is -0.667. The summed E-state index contributed by atoms with van der Waals surface area (Å²) in [4.78, 5) is 50.2. The molecule has 0 aliphatic heterocycles. The van der Waals surface area contributed by atoms with Gasteiger partial charge in [0.25, 0.3) is 11.5 Å². The highest BCUT2D eigenvalue weighted by Gasteiger charge is 2.21. The molecule has 3 aromatic heterocycles. The van der Waals surface area contributed by atoms with E-state index in [1.165, 1.54) is 22.0 Å². The number of nitrogens with zero attached hydrogens (tertiary/aromatic N) is 3. The van der Waals surface area contributed by atoms with E-state index in [4.69, 9.17) is 0 Å². The van der Waals surface area contributed by atoms with Crippen molar-refractivity contribution in [3.63, 3.8) is 0 Å². The lowest BCUT2D eigenvalue weighted by Crippen LogP contribution is -2.32. The molecular weight excluding hydrogens is 457 g/mol. The zero-order valence-corrected chi connectivity index (χ0v) is 19.8. The summed E-state index contributed by atoms with van der Waals surface area (Å²) >= 11 is 1.23. The smallest absolute Gasteiger partial charge is 0.298 e. The van der Waals surface area contributed by atoms with Gasteiger partial charge in [-0.25, -0.2) is 19.2 Å². The van der Waals surface area contributed by atoms with E-state index in [1.54, 1.807) is 30.5 Å². The predicted molar refractivity (Wildman–Crippen MR) is 130 cm³/mol. The molecule has 4 rings (SSSR count). The molecule has 2 N–H and O–H groups in total. The number of hydrogen-bond acceptors (Lipinski definition) is 6. The summed E-state index contributed by atoms with van der Waals surface area (Å²) in [5, 5.41) is 3.12. The van der Waals surface area contributed by atoms with Crippen LogP contribution in [0.5, 0.6) is 0 Å². The van der Waals surface area contributed by atoms with Gasteiger partial charge in [0.2, 0.25) is 0 Å².